The SMILES string of the molecule is CCC(C)CCC(=O)NC(C)=O. The van der Waals surface area contributed by atoms with Gasteiger partial charge in [0, 0.05) is 13.3 Å². The Morgan fingerprint density at radius 1 is 1.42 bits per heavy atom. The fourth-order valence-corrected chi connectivity index (χ4v) is 0.840. The summed E-state index contributed by atoms with van der Waals surface area (Å²) in [5.41, 5.74) is 0. The van der Waals surface area contributed by atoms with Crippen LogP contribution in [0.5, 0.6) is 0 Å². The molecule has 70 valence electrons. The molecule has 0 saturated carbocycles. The van der Waals surface area contributed by atoms with E-state index in [1.807, 2.05) is 0 Å². The van der Waals surface area contributed by atoms with Crippen molar-refractivity contribution in [1.29, 1.82) is 0 Å². The highest BCUT2D eigenvalue weighted by atomic mass is 16.2. The largest absolute Gasteiger partial charge is 0.297 e. The summed E-state index contributed by atoms with van der Waals surface area (Å²) in [7, 11) is 0. The van der Waals surface area contributed by atoms with Crippen LogP contribution in [0.2, 0.25) is 0 Å². The summed E-state index contributed by atoms with van der Waals surface area (Å²) in [6.07, 6.45) is 2.39. The molecule has 3 nitrogen and oxygen atoms in total. The quantitative estimate of drug-likeness (QED) is 0.696. The highest BCUT2D eigenvalue weighted by molar-refractivity contribution is 5.93. The van der Waals surface area contributed by atoms with E-state index in [9.17, 15) is 9.59 Å². The van der Waals surface area contributed by atoms with Gasteiger partial charge in [0.15, 0.2) is 0 Å². The average Bonchev–Trinajstić information content (AvgIpc) is 1.99. The Bertz CT molecular complexity index is 166. The number of rotatable bonds is 4. The van der Waals surface area contributed by atoms with Crippen LogP contribution in [0.4, 0.5) is 0 Å². The van der Waals surface area contributed by atoms with Crippen LogP contribution in [0.1, 0.15) is 40.0 Å². The molecular weight excluding hydrogens is 154 g/mol. The molecule has 0 rings (SSSR count). The maximum absolute atomic E-state index is 10.9. The van der Waals surface area contributed by atoms with Gasteiger partial charge < -0.3 is 0 Å². The number of hydrogen-bond acceptors (Lipinski definition) is 2. The fourth-order valence-electron chi connectivity index (χ4n) is 0.840. The number of imide groups is 1. The molecule has 12 heavy (non-hydrogen) atoms. The normalized spacial score (nSPS) is 12.2. The molecule has 0 aliphatic carbocycles. The first-order valence-corrected chi connectivity index (χ1v) is 4.36. The van der Waals surface area contributed by atoms with Crippen molar-refractivity contribution < 1.29 is 9.59 Å². The topological polar surface area (TPSA) is 46.2 Å². The smallest absolute Gasteiger partial charge is 0.226 e. The summed E-state index contributed by atoms with van der Waals surface area (Å²) in [6, 6.07) is 0. The van der Waals surface area contributed by atoms with E-state index in [4.69, 9.17) is 0 Å². The van der Waals surface area contributed by atoms with Crippen LogP contribution < -0.4 is 5.32 Å². The van der Waals surface area contributed by atoms with E-state index in [0.29, 0.717) is 12.3 Å². The van der Waals surface area contributed by atoms with Crippen molar-refractivity contribution in [3.63, 3.8) is 0 Å². The van der Waals surface area contributed by atoms with Crippen molar-refractivity contribution in [3.8, 4) is 0 Å². The van der Waals surface area contributed by atoms with E-state index in [2.05, 4.69) is 19.2 Å². The van der Waals surface area contributed by atoms with Gasteiger partial charge in [0.1, 0.15) is 0 Å². The minimum Gasteiger partial charge on any atom is -0.297 e. The van der Waals surface area contributed by atoms with Gasteiger partial charge in [-0.15, -0.1) is 0 Å². The van der Waals surface area contributed by atoms with Crippen LogP contribution in [0.15, 0.2) is 0 Å². The number of carbonyl (C=O) groups excluding carboxylic acids is 2. The van der Waals surface area contributed by atoms with E-state index < -0.39 is 0 Å². The summed E-state index contributed by atoms with van der Waals surface area (Å²) in [6.45, 7) is 5.54. The van der Waals surface area contributed by atoms with Crippen LogP contribution in [-0.2, 0) is 9.59 Å². The number of nitrogens with one attached hydrogen (secondary N) is 1. The van der Waals surface area contributed by atoms with Gasteiger partial charge >= 0.3 is 0 Å². The van der Waals surface area contributed by atoms with Crippen molar-refractivity contribution in [2.24, 2.45) is 5.92 Å². The van der Waals surface area contributed by atoms with Crippen molar-refractivity contribution in [2.45, 2.75) is 40.0 Å². The third-order valence-corrected chi connectivity index (χ3v) is 1.88. The molecule has 0 saturated heterocycles. The lowest BCUT2D eigenvalue weighted by Crippen LogP contribution is -2.27. The van der Waals surface area contributed by atoms with Gasteiger partial charge in [0.05, 0.1) is 0 Å². The lowest BCUT2D eigenvalue weighted by atomic mass is 10.0. The summed E-state index contributed by atoms with van der Waals surface area (Å²) >= 11 is 0. The monoisotopic (exact) mass is 171 g/mol. The molecule has 1 unspecified atom stereocenters. The van der Waals surface area contributed by atoms with Gasteiger partial charge in [-0.2, -0.15) is 0 Å². The van der Waals surface area contributed by atoms with Gasteiger partial charge in [-0.3, -0.25) is 14.9 Å². The maximum atomic E-state index is 10.9. The Hall–Kier alpha value is -0.860. The second-order valence-electron chi connectivity index (χ2n) is 3.16. The average molecular weight is 171 g/mol. The molecule has 0 aliphatic heterocycles. The molecule has 0 fully saturated rings. The number of carbonyl (C=O) groups is 2. The van der Waals surface area contributed by atoms with E-state index in [-0.39, 0.29) is 11.8 Å². The van der Waals surface area contributed by atoms with Gasteiger partial charge in [-0.25, -0.2) is 0 Å². The number of hydrogen-bond donors (Lipinski definition) is 1. The zero-order valence-corrected chi connectivity index (χ0v) is 8.02. The molecule has 3 heteroatoms. The van der Waals surface area contributed by atoms with Crippen molar-refractivity contribution >= 4 is 11.8 Å². The van der Waals surface area contributed by atoms with E-state index in [0.717, 1.165) is 12.8 Å². The molecule has 0 aromatic rings. The fraction of sp³-hybridized carbons (Fsp3) is 0.778. The maximum Gasteiger partial charge on any atom is 0.226 e. The molecule has 1 N–H and O–H groups in total. The Morgan fingerprint density at radius 3 is 2.42 bits per heavy atom. The lowest BCUT2D eigenvalue weighted by Gasteiger charge is -2.06. The summed E-state index contributed by atoms with van der Waals surface area (Å²) in [5.74, 6) is 0.120. The van der Waals surface area contributed by atoms with Crippen LogP contribution in [0.25, 0.3) is 0 Å². The molecule has 0 aromatic carbocycles. The first kappa shape index (κ1) is 11.1. The van der Waals surface area contributed by atoms with Crippen LogP contribution >= 0.6 is 0 Å². The van der Waals surface area contributed by atoms with Crippen LogP contribution in [-0.4, -0.2) is 11.8 Å². The molecule has 0 heterocycles. The van der Waals surface area contributed by atoms with Crippen molar-refractivity contribution in [1.82, 2.24) is 5.32 Å². The lowest BCUT2D eigenvalue weighted by molar-refractivity contribution is -0.129. The zero-order chi connectivity index (χ0) is 9.56. The van der Waals surface area contributed by atoms with E-state index >= 15 is 0 Å². The molecule has 0 bridgehead atoms. The Labute approximate surface area is 73.5 Å². The Kier molecular flexibility index (Phi) is 5.34. The summed E-state index contributed by atoms with van der Waals surface area (Å²) < 4.78 is 0. The third kappa shape index (κ3) is 5.89. The van der Waals surface area contributed by atoms with Crippen molar-refractivity contribution in [2.75, 3.05) is 0 Å². The first-order chi connectivity index (χ1) is 5.56. The highest BCUT2D eigenvalue weighted by Crippen LogP contribution is 2.08. The summed E-state index contributed by atoms with van der Waals surface area (Å²) in [4.78, 5) is 21.4. The second kappa shape index (κ2) is 5.75. The molecule has 0 aliphatic rings. The second-order valence-corrected chi connectivity index (χ2v) is 3.16. The minimum atomic E-state index is -0.274. The molecule has 2 amide bonds. The highest BCUT2D eigenvalue weighted by Gasteiger charge is 2.05. The first-order valence-electron chi connectivity index (χ1n) is 4.36. The van der Waals surface area contributed by atoms with E-state index in [1.54, 1.807) is 0 Å². The van der Waals surface area contributed by atoms with Gasteiger partial charge in [-0.05, 0) is 12.3 Å². The van der Waals surface area contributed by atoms with Gasteiger partial charge in [0.2, 0.25) is 11.8 Å². The predicted molar refractivity (Wildman–Crippen MR) is 47.5 cm³/mol. The van der Waals surface area contributed by atoms with Gasteiger partial charge in [-0.1, -0.05) is 20.3 Å². The van der Waals surface area contributed by atoms with Gasteiger partial charge in [0.25, 0.3) is 0 Å². The Balaban J connectivity index is 3.50. The van der Waals surface area contributed by atoms with Crippen LogP contribution in [0, 0.1) is 5.92 Å². The Morgan fingerprint density at radius 2 is 2.00 bits per heavy atom. The molecule has 1 atom stereocenters. The zero-order valence-electron chi connectivity index (χ0n) is 8.02. The third-order valence-electron chi connectivity index (χ3n) is 1.88. The van der Waals surface area contributed by atoms with E-state index in [1.165, 1.54) is 6.92 Å². The predicted octanol–water partition coefficient (Wildman–Crippen LogP) is 1.48. The molecule has 0 spiro atoms. The standard InChI is InChI=1S/C9H17NO2/c1-4-7(2)5-6-9(12)10-8(3)11/h7H,4-6H2,1-3H3,(H,10,11,12). The van der Waals surface area contributed by atoms with Crippen molar-refractivity contribution in [3.05, 3.63) is 0 Å². The minimum absolute atomic E-state index is 0.164. The summed E-state index contributed by atoms with van der Waals surface area (Å²) in [5, 5.41) is 2.24. The number of amides is 2. The molecular formula is C9H17NO2. The van der Waals surface area contributed by atoms with Crippen LogP contribution in [0.3, 0.4) is 0 Å². The molecule has 0 radical (unpaired) electrons. The molecule has 0 aromatic heterocycles.